The van der Waals surface area contributed by atoms with E-state index in [2.05, 4.69) is 6.07 Å². The first-order valence-corrected chi connectivity index (χ1v) is 6.81. The molecule has 2 aromatic carbocycles. The average molecular weight is 287 g/mol. The summed E-state index contributed by atoms with van der Waals surface area (Å²) < 4.78 is 16.7. The van der Waals surface area contributed by atoms with E-state index in [9.17, 15) is 5.11 Å². The van der Waals surface area contributed by atoms with Crippen molar-refractivity contribution in [3.05, 3.63) is 48.0 Å². The minimum Gasteiger partial charge on any atom is -0.508 e. The van der Waals surface area contributed by atoms with Gasteiger partial charge in [0, 0.05) is 17.7 Å². The number of ether oxygens (including phenoxy) is 3. The van der Waals surface area contributed by atoms with E-state index in [0.717, 1.165) is 11.3 Å². The van der Waals surface area contributed by atoms with E-state index in [1.807, 2.05) is 32.0 Å². The van der Waals surface area contributed by atoms with Crippen LogP contribution in [0.25, 0.3) is 0 Å². The van der Waals surface area contributed by atoms with E-state index < -0.39 is 0 Å². The highest BCUT2D eigenvalue weighted by Gasteiger charge is 2.14. The predicted molar refractivity (Wildman–Crippen MR) is 80.1 cm³/mol. The quantitative estimate of drug-likeness (QED) is 0.879. The Hall–Kier alpha value is -2.36. The van der Waals surface area contributed by atoms with Gasteiger partial charge in [0.15, 0.2) is 0 Å². The van der Waals surface area contributed by atoms with Crippen LogP contribution in [0.5, 0.6) is 23.0 Å². The summed E-state index contributed by atoms with van der Waals surface area (Å²) in [5.41, 5.74) is 0.907. The first-order valence-electron chi connectivity index (χ1n) is 6.81. The fourth-order valence-electron chi connectivity index (χ4n) is 2.06. The zero-order valence-electron chi connectivity index (χ0n) is 12.4. The molecule has 0 heterocycles. The molecule has 1 N–H and O–H groups in total. The van der Waals surface area contributed by atoms with Crippen LogP contribution in [0, 0.1) is 6.07 Å². The molecule has 2 aromatic rings. The summed E-state index contributed by atoms with van der Waals surface area (Å²) in [6.07, 6.45) is -0.231. The van der Waals surface area contributed by atoms with Gasteiger partial charge in [-0.05, 0) is 44.2 Å². The molecule has 0 aliphatic heterocycles. The van der Waals surface area contributed by atoms with Crippen LogP contribution in [0.15, 0.2) is 36.4 Å². The number of aromatic hydroxyl groups is 1. The van der Waals surface area contributed by atoms with Crippen LogP contribution < -0.4 is 14.2 Å². The van der Waals surface area contributed by atoms with Crippen molar-refractivity contribution in [2.24, 2.45) is 0 Å². The van der Waals surface area contributed by atoms with Crippen LogP contribution in [0.4, 0.5) is 0 Å². The third kappa shape index (κ3) is 3.81. The third-order valence-electron chi connectivity index (χ3n) is 3.01. The SMILES string of the molecule is CCOc1ccc(C(C)Oc2c[c]cc(O)c2)c(OC)c1. The fraction of sp³-hybridized carbons (Fsp3) is 0.294. The number of phenolic OH excluding ortho intramolecular Hbond substituents is 1. The Morgan fingerprint density at radius 2 is 2.00 bits per heavy atom. The van der Waals surface area contributed by atoms with Crippen molar-refractivity contribution in [3.63, 3.8) is 0 Å². The van der Waals surface area contributed by atoms with Crippen molar-refractivity contribution >= 4 is 0 Å². The van der Waals surface area contributed by atoms with Crippen LogP contribution in [-0.4, -0.2) is 18.8 Å². The monoisotopic (exact) mass is 287 g/mol. The maximum atomic E-state index is 9.44. The molecule has 1 unspecified atom stereocenters. The molecule has 0 amide bonds. The zero-order chi connectivity index (χ0) is 15.2. The Morgan fingerprint density at radius 3 is 2.67 bits per heavy atom. The molecule has 4 heteroatoms. The lowest BCUT2D eigenvalue weighted by Gasteiger charge is -2.18. The lowest BCUT2D eigenvalue weighted by atomic mass is 10.1. The van der Waals surface area contributed by atoms with Gasteiger partial charge in [-0.15, -0.1) is 0 Å². The minimum absolute atomic E-state index is 0.123. The Morgan fingerprint density at radius 1 is 1.19 bits per heavy atom. The minimum atomic E-state index is -0.231. The molecule has 0 bridgehead atoms. The van der Waals surface area contributed by atoms with E-state index in [0.29, 0.717) is 18.1 Å². The van der Waals surface area contributed by atoms with Gasteiger partial charge in [0.1, 0.15) is 29.1 Å². The number of hydrogen-bond donors (Lipinski definition) is 1. The molecule has 0 saturated heterocycles. The van der Waals surface area contributed by atoms with Gasteiger partial charge in [-0.3, -0.25) is 0 Å². The maximum absolute atomic E-state index is 9.44. The molecule has 1 atom stereocenters. The van der Waals surface area contributed by atoms with Crippen LogP contribution in [0.2, 0.25) is 0 Å². The van der Waals surface area contributed by atoms with Crippen LogP contribution in [0.1, 0.15) is 25.5 Å². The van der Waals surface area contributed by atoms with Crippen molar-refractivity contribution in [1.82, 2.24) is 0 Å². The van der Waals surface area contributed by atoms with Crippen molar-refractivity contribution in [3.8, 4) is 23.0 Å². The number of hydrogen-bond acceptors (Lipinski definition) is 4. The summed E-state index contributed by atoms with van der Waals surface area (Å²) in [5, 5.41) is 9.44. The van der Waals surface area contributed by atoms with E-state index >= 15 is 0 Å². The highest BCUT2D eigenvalue weighted by molar-refractivity contribution is 5.42. The molecule has 111 valence electrons. The standard InChI is InChI=1S/C17H19O4/c1-4-20-14-8-9-16(17(11-14)19-3)12(2)21-15-7-5-6-13(18)10-15/h6-12,18H,4H2,1-3H3. The van der Waals surface area contributed by atoms with Crippen molar-refractivity contribution < 1.29 is 19.3 Å². The molecule has 4 nitrogen and oxygen atoms in total. The van der Waals surface area contributed by atoms with Crippen molar-refractivity contribution in [1.29, 1.82) is 0 Å². The van der Waals surface area contributed by atoms with Gasteiger partial charge >= 0.3 is 0 Å². The molecule has 0 fully saturated rings. The molecule has 0 saturated carbocycles. The summed E-state index contributed by atoms with van der Waals surface area (Å²) in [6, 6.07) is 13.2. The first-order chi connectivity index (χ1) is 10.1. The Bertz CT molecular complexity index is 595. The third-order valence-corrected chi connectivity index (χ3v) is 3.01. The molecule has 1 radical (unpaired) electrons. The predicted octanol–water partition coefficient (Wildman–Crippen LogP) is 3.74. The highest BCUT2D eigenvalue weighted by Crippen LogP contribution is 2.32. The Labute approximate surface area is 124 Å². The second-order valence-electron chi connectivity index (χ2n) is 4.52. The van der Waals surface area contributed by atoms with Crippen LogP contribution in [0.3, 0.4) is 0 Å². The molecule has 0 aliphatic carbocycles. The number of rotatable bonds is 6. The van der Waals surface area contributed by atoms with Gasteiger partial charge in [0.05, 0.1) is 13.7 Å². The molecule has 0 spiro atoms. The van der Waals surface area contributed by atoms with Gasteiger partial charge in [0.2, 0.25) is 0 Å². The zero-order valence-corrected chi connectivity index (χ0v) is 12.4. The van der Waals surface area contributed by atoms with Gasteiger partial charge in [-0.2, -0.15) is 0 Å². The maximum Gasteiger partial charge on any atom is 0.129 e. The van der Waals surface area contributed by atoms with Crippen molar-refractivity contribution in [2.45, 2.75) is 20.0 Å². The topological polar surface area (TPSA) is 47.9 Å². The second kappa shape index (κ2) is 6.88. The van der Waals surface area contributed by atoms with Gasteiger partial charge in [-0.1, -0.05) is 0 Å². The first kappa shape index (κ1) is 15.0. The fourth-order valence-corrected chi connectivity index (χ4v) is 2.06. The molecule has 0 aliphatic rings. The van der Waals surface area contributed by atoms with Crippen LogP contribution >= 0.6 is 0 Å². The Balaban J connectivity index is 2.20. The van der Waals surface area contributed by atoms with Gasteiger partial charge < -0.3 is 19.3 Å². The summed E-state index contributed by atoms with van der Waals surface area (Å²) in [7, 11) is 1.61. The average Bonchev–Trinajstić information content (AvgIpc) is 2.47. The largest absolute Gasteiger partial charge is 0.508 e. The molecule has 21 heavy (non-hydrogen) atoms. The number of phenols is 1. The Kier molecular flexibility index (Phi) is 4.93. The molecular weight excluding hydrogens is 268 g/mol. The second-order valence-corrected chi connectivity index (χ2v) is 4.52. The van der Waals surface area contributed by atoms with Gasteiger partial charge in [-0.25, -0.2) is 0 Å². The van der Waals surface area contributed by atoms with E-state index in [1.54, 1.807) is 19.2 Å². The number of benzene rings is 2. The highest BCUT2D eigenvalue weighted by atomic mass is 16.5. The molecular formula is C17H19O4. The smallest absolute Gasteiger partial charge is 0.129 e. The van der Waals surface area contributed by atoms with Crippen LogP contribution in [-0.2, 0) is 0 Å². The molecule has 0 aromatic heterocycles. The van der Waals surface area contributed by atoms with Crippen molar-refractivity contribution in [2.75, 3.05) is 13.7 Å². The van der Waals surface area contributed by atoms with E-state index in [-0.39, 0.29) is 11.9 Å². The normalized spacial score (nSPS) is 11.8. The summed E-state index contributed by atoms with van der Waals surface area (Å²) in [6.45, 7) is 4.46. The van der Waals surface area contributed by atoms with Gasteiger partial charge in [0.25, 0.3) is 0 Å². The van der Waals surface area contributed by atoms with E-state index in [4.69, 9.17) is 14.2 Å². The lowest BCUT2D eigenvalue weighted by Crippen LogP contribution is -2.05. The lowest BCUT2D eigenvalue weighted by molar-refractivity contribution is 0.220. The van der Waals surface area contributed by atoms with E-state index in [1.165, 1.54) is 6.07 Å². The summed E-state index contributed by atoms with van der Waals surface area (Å²) in [5.74, 6) is 2.14. The molecule has 2 rings (SSSR count). The summed E-state index contributed by atoms with van der Waals surface area (Å²) in [4.78, 5) is 0. The number of methoxy groups -OCH3 is 1. The summed E-state index contributed by atoms with van der Waals surface area (Å²) >= 11 is 0.